The van der Waals surface area contributed by atoms with E-state index in [0.717, 1.165) is 24.1 Å². The Labute approximate surface area is 160 Å². The largest absolute Gasteiger partial charge is 0.481 e. The summed E-state index contributed by atoms with van der Waals surface area (Å²) in [5, 5.41) is 11.5. The van der Waals surface area contributed by atoms with Crippen molar-refractivity contribution in [2.24, 2.45) is 5.92 Å². The van der Waals surface area contributed by atoms with Crippen molar-refractivity contribution in [2.75, 3.05) is 26.2 Å². The van der Waals surface area contributed by atoms with Gasteiger partial charge < -0.3 is 10.4 Å². The zero-order valence-electron chi connectivity index (χ0n) is 16.4. The van der Waals surface area contributed by atoms with E-state index in [2.05, 4.69) is 15.2 Å². The van der Waals surface area contributed by atoms with Crippen LogP contribution in [0.5, 0.6) is 0 Å². The highest BCUT2D eigenvalue weighted by molar-refractivity contribution is 5.83. The molecule has 0 unspecified atom stereocenters. The number of hydrogen-bond acceptors (Lipinski definition) is 4. The third-order valence-electron chi connectivity index (χ3n) is 4.86. The molecule has 0 bridgehead atoms. The van der Waals surface area contributed by atoms with Gasteiger partial charge in [-0.3, -0.25) is 19.5 Å². The highest BCUT2D eigenvalue weighted by Crippen LogP contribution is 2.25. The van der Waals surface area contributed by atoms with Gasteiger partial charge >= 0.3 is 5.97 Å². The molecule has 7 heteroatoms. The molecular formula is C20H30FN3O3. The van der Waals surface area contributed by atoms with Gasteiger partial charge in [0.15, 0.2) is 0 Å². The molecule has 1 atom stereocenters. The topological polar surface area (TPSA) is 82.5 Å². The molecule has 2 N–H and O–H groups in total. The van der Waals surface area contributed by atoms with E-state index in [1.165, 1.54) is 0 Å². The zero-order valence-corrected chi connectivity index (χ0v) is 16.4. The molecule has 1 amide bonds. The number of carbonyl (C=O) groups excluding carboxylic acids is 1. The molecule has 0 aliphatic carbocycles. The minimum Gasteiger partial charge on any atom is -0.481 e. The van der Waals surface area contributed by atoms with Gasteiger partial charge in [-0.15, -0.1) is 0 Å². The maximum absolute atomic E-state index is 13.0. The summed E-state index contributed by atoms with van der Waals surface area (Å²) in [6.45, 7) is 7.99. The first-order valence-corrected chi connectivity index (χ1v) is 9.57. The van der Waals surface area contributed by atoms with Crippen molar-refractivity contribution < 1.29 is 19.1 Å². The smallest absolute Gasteiger partial charge is 0.305 e. The molecule has 27 heavy (non-hydrogen) atoms. The zero-order chi connectivity index (χ0) is 20.0. The molecule has 6 nitrogen and oxygen atoms in total. The fraction of sp³-hybridized carbons (Fsp3) is 0.650. The molecule has 0 aromatic carbocycles. The van der Waals surface area contributed by atoms with Crippen molar-refractivity contribution in [2.45, 2.75) is 52.1 Å². The SMILES string of the molecule is Cc1cnc([C@H](CC(C)C)C(=O)NCCC(=O)O)cc1CCN1CC(F)C1. The number of pyridine rings is 1. The van der Waals surface area contributed by atoms with Crippen molar-refractivity contribution >= 4 is 11.9 Å². The number of halogens is 1. The van der Waals surface area contributed by atoms with E-state index < -0.39 is 18.1 Å². The number of aliphatic carboxylic acids is 1. The summed E-state index contributed by atoms with van der Waals surface area (Å²) in [4.78, 5) is 29.8. The fourth-order valence-corrected chi connectivity index (χ4v) is 3.26. The van der Waals surface area contributed by atoms with Gasteiger partial charge in [0.1, 0.15) is 6.17 Å². The molecule has 0 spiro atoms. The Morgan fingerprint density at radius 2 is 2.11 bits per heavy atom. The summed E-state index contributed by atoms with van der Waals surface area (Å²) in [5.74, 6) is -1.23. The fourth-order valence-electron chi connectivity index (χ4n) is 3.26. The van der Waals surface area contributed by atoms with Gasteiger partial charge in [0.2, 0.25) is 5.91 Å². The number of carboxylic acid groups (broad SMARTS) is 1. The number of aromatic nitrogens is 1. The average molecular weight is 379 g/mol. The van der Waals surface area contributed by atoms with Gasteiger partial charge in [0.25, 0.3) is 0 Å². The molecule has 1 aromatic rings. The third-order valence-corrected chi connectivity index (χ3v) is 4.86. The summed E-state index contributed by atoms with van der Waals surface area (Å²) >= 11 is 0. The normalized spacial score (nSPS) is 16.2. The van der Waals surface area contributed by atoms with Gasteiger partial charge in [-0.1, -0.05) is 13.8 Å². The molecule has 150 valence electrons. The van der Waals surface area contributed by atoms with E-state index in [9.17, 15) is 14.0 Å². The quantitative estimate of drug-likeness (QED) is 0.652. The van der Waals surface area contributed by atoms with Crippen molar-refractivity contribution in [3.8, 4) is 0 Å². The van der Waals surface area contributed by atoms with E-state index in [1.54, 1.807) is 6.20 Å². The second-order valence-corrected chi connectivity index (χ2v) is 7.76. The second kappa shape index (κ2) is 9.78. The molecule has 1 aliphatic heterocycles. The lowest BCUT2D eigenvalue weighted by molar-refractivity contribution is -0.137. The van der Waals surface area contributed by atoms with Crippen molar-refractivity contribution in [1.29, 1.82) is 0 Å². The molecule has 1 fully saturated rings. The van der Waals surface area contributed by atoms with E-state index in [1.807, 2.05) is 26.8 Å². The van der Waals surface area contributed by atoms with Crippen LogP contribution in [0.4, 0.5) is 4.39 Å². The Hall–Kier alpha value is -2.02. The Bertz CT molecular complexity index is 660. The molecule has 2 heterocycles. The maximum Gasteiger partial charge on any atom is 0.305 e. The molecule has 1 saturated heterocycles. The lowest BCUT2D eigenvalue weighted by Crippen LogP contribution is -2.48. The minimum absolute atomic E-state index is 0.0991. The van der Waals surface area contributed by atoms with Gasteiger partial charge in [0, 0.05) is 32.4 Å². The number of hydrogen-bond donors (Lipinski definition) is 2. The van der Waals surface area contributed by atoms with Crippen molar-refractivity contribution in [3.05, 3.63) is 29.1 Å². The van der Waals surface area contributed by atoms with Crippen LogP contribution in [0.1, 0.15) is 49.4 Å². The van der Waals surface area contributed by atoms with Gasteiger partial charge in [-0.25, -0.2) is 4.39 Å². The highest BCUT2D eigenvalue weighted by atomic mass is 19.1. The number of carbonyl (C=O) groups is 2. The predicted octanol–water partition coefficient (Wildman–Crippen LogP) is 2.31. The first-order chi connectivity index (χ1) is 12.8. The highest BCUT2D eigenvalue weighted by Gasteiger charge is 2.26. The maximum atomic E-state index is 13.0. The Morgan fingerprint density at radius 1 is 1.41 bits per heavy atom. The molecule has 0 saturated carbocycles. The third kappa shape index (κ3) is 6.57. The summed E-state index contributed by atoms with van der Waals surface area (Å²) in [6, 6.07) is 1.98. The number of aryl methyl sites for hydroxylation is 1. The Morgan fingerprint density at radius 3 is 2.70 bits per heavy atom. The monoisotopic (exact) mass is 379 g/mol. The van der Waals surface area contributed by atoms with Crippen LogP contribution in [0.2, 0.25) is 0 Å². The van der Waals surface area contributed by atoms with Crippen molar-refractivity contribution in [1.82, 2.24) is 15.2 Å². The number of nitrogens with one attached hydrogen (secondary N) is 1. The number of nitrogens with zero attached hydrogens (tertiary/aromatic N) is 2. The lowest BCUT2D eigenvalue weighted by Gasteiger charge is -2.34. The average Bonchev–Trinajstić information content (AvgIpc) is 2.56. The number of carboxylic acids is 1. The first-order valence-electron chi connectivity index (χ1n) is 9.57. The lowest BCUT2D eigenvalue weighted by atomic mass is 9.91. The van der Waals surface area contributed by atoms with E-state index in [0.29, 0.717) is 31.1 Å². The van der Waals surface area contributed by atoms with Crippen LogP contribution in [0, 0.1) is 12.8 Å². The van der Waals surface area contributed by atoms with Crippen LogP contribution >= 0.6 is 0 Å². The van der Waals surface area contributed by atoms with Gasteiger partial charge in [-0.2, -0.15) is 0 Å². The predicted molar refractivity (Wildman–Crippen MR) is 101 cm³/mol. The summed E-state index contributed by atoms with van der Waals surface area (Å²) in [5.41, 5.74) is 2.89. The summed E-state index contributed by atoms with van der Waals surface area (Å²) < 4.78 is 13.0. The van der Waals surface area contributed by atoms with E-state index in [4.69, 9.17) is 5.11 Å². The van der Waals surface area contributed by atoms with Crippen molar-refractivity contribution in [3.63, 3.8) is 0 Å². The van der Waals surface area contributed by atoms with E-state index in [-0.39, 0.29) is 18.9 Å². The number of alkyl halides is 1. The van der Waals surface area contributed by atoms with Gasteiger partial charge in [-0.05, 0) is 42.9 Å². The van der Waals surface area contributed by atoms with Crippen LogP contribution in [-0.2, 0) is 16.0 Å². The molecule has 1 aromatic heterocycles. The van der Waals surface area contributed by atoms with Crippen LogP contribution in [-0.4, -0.2) is 59.2 Å². The molecular weight excluding hydrogens is 349 g/mol. The Balaban J connectivity index is 2.07. The number of likely N-dealkylation sites (tertiary alicyclic amines) is 1. The Kier molecular flexibility index (Phi) is 7.71. The summed E-state index contributed by atoms with van der Waals surface area (Å²) in [7, 11) is 0. The van der Waals surface area contributed by atoms with Crippen LogP contribution in [0.25, 0.3) is 0 Å². The molecule has 0 radical (unpaired) electrons. The first kappa shape index (κ1) is 21.3. The van der Waals surface area contributed by atoms with Crippen LogP contribution in [0.3, 0.4) is 0 Å². The van der Waals surface area contributed by atoms with Crippen LogP contribution in [0.15, 0.2) is 12.3 Å². The molecule has 2 rings (SSSR count). The second-order valence-electron chi connectivity index (χ2n) is 7.76. The van der Waals surface area contributed by atoms with Crippen LogP contribution < -0.4 is 5.32 Å². The van der Waals surface area contributed by atoms with E-state index >= 15 is 0 Å². The molecule has 1 aliphatic rings. The minimum atomic E-state index is -0.937. The number of amides is 1. The summed E-state index contributed by atoms with van der Waals surface area (Å²) in [6.07, 6.45) is 2.42. The number of rotatable bonds is 10. The van der Waals surface area contributed by atoms with Gasteiger partial charge in [0.05, 0.1) is 18.0 Å². The standard InChI is InChI=1S/C20H30FN3O3/c1-13(2)8-17(20(27)22-6-4-19(25)26)18-9-15(14(3)10-23-18)5-7-24-11-16(21)12-24/h9-10,13,16-17H,4-8,11-12H2,1-3H3,(H,22,27)(H,25,26)/t17-/m0/s1.